The van der Waals surface area contributed by atoms with Crippen LogP contribution in [0.4, 0.5) is 23.3 Å². The molecule has 0 saturated carbocycles. The molecule has 0 atom stereocenters. The Morgan fingerprint density at radius 1 is 1.30 bits per heavy atom. The Balaban J connectivity index is 1.93. The SMILES string of the molecule is CCCNc1cc(N2CCc3ccccc32)nc(N)n1. The molecule has 3 rings (SSSR count). The number of benzene rings is 1. The summed E-state index contributed by atoms with van der Waals surface area (Å²) in [6.45, 7) is 3.94. The zero-order valence-electron chi connectivity index (χ0n) is 11.6. The van der Waals surface area contributed by atoms with Gasteiger partial charge in [-0.3, -0.25) is 0 Å². The van der Waals surface area contributed by atoms with Crippen LogP contribution in [0.2, 0.25) is 0 Å². The zero-order valence-corrected chi connectivity index (χ0v) is 11.6. The van der Waals surface area contributed by atoms with E-state index in [9.17, 15) is 0 Å². The van der Waals surface area contributed by atoms with Crippen molar-refractivity contribution in [3.8, 4) is 0 Å². The first kappa shape index (κ1) is 12.7. The van der Waals surface area contributed by atoms with E-state index in [2.05, 4.69) is 51.4 Å². The predicted molar refractivity (Wildman–Crippen MR) is 82.4 cm³/mol. The lowest BCUT2D eigenvalue weighted by Crippen LogP contribution is -2.16. The van der Waals surface area contributed by atoms with Crippen LogP contribution in [-0.4, -0.2) is 23.1 Å². The van der Waals surface area contributed by atoms with Gasteiger partial charge in [0.1, 0.15) is 11.6 Å². The van der Waals surface area contributed by atoms with E-state index in [1.807, 2.05) is 6.07 Å². The second-order valence-electron chi connectivity index (χ2n) is 4.93. The van der Waals surface area contributed by atoms with E-state index in [-0.39, 0.29) is 0 Å². The van der Waals surface area contributed by atoms with Crippen LogP contribution in [0.1, 0.15) is 18.9 Å². The molecule has 1 aromatic carbocycles. The molecule has 2 aromatic rings. The zero-order chi connectivity index (χ0) is 13.9. The van der Waals surface area contributed by atoms with Crippen LogP contribution >= 0.6 is 0 Å². The third-order valence-electron chi connectivity index (χ3n) is 3.45. The molecule has 104 valence electrons. The highest BCUT2D eigenvalue weighted by molar-refractivity contribution is 5.69. The number of anilines is 4. The first-order chi connectivity index (χ1) is 9.78. The molecule has 5 nitrogen and oxygen atoms in total. The fourth-order valence-electron chi connectivity index (χ4n) is 2.51. The average Bonchev–Trinajstić information content (AvgIpc) is 2.88. The van der Waals surface area contributed by atoms with Gasteiger partial charge in [0.15, 0.2) is 0 Å². The summed E-state index contributed by atoms with van der Waals surface area (Å²) in [4.78, 5) is 10.8. The van der Waals surface area contributed by atoms with Gasteiger partial charge in [0.25, 0.3) is 0 Å². The topological polar surface area (TPSA) is 67.1 Å². The van der Waals surface area contributed by atoms with Gasteiger partial charge in [-0.15, -0.1) is 0 Å². The van der Waals surface area contributed by atoms with Crippen molar-refractivity contribution < 1.29 is 0 Å². The van der Waals surface area contributed by atoms with Crippen LogP contribution in [0.5, 0.6) is 0 Å². The highest BCUT2D eigenvalue weighted by atomic mass is 15.2. The third-order valence-corrected chi connectivity index (χ3v) is 3.45. The lowest BCUT2D eigenvalue weighted by molar-refractivity contribution is 0.949. The third kappa shape index (κ3) is 2.39. The number of hydrogen-bond acceptors (Lipinski definition) is 5. The van der Waals surface area contributed by atoms with Crippen molar-refractivity contribution in [1.82, 2.24) is 9.97 Å². The highest BCUT2D eigenvalue weighted by Crippen LogP contribution is 2.34. The van der Waals surface area contributed by atoms with E-state index in [0.29, 0.717) is 5.95 Å². The van der Waals surface area contributed by atoms with E-state index in [0.717, 1.165) is 37.6 Å². The molecule has 0 radical (unpaired) electrons. The second kappa shape index (κ2) is 5.36. The lowest BCUT2D eigenvalue weighted by atomic mass is 10.2. The molecule has 0 bridgehead atoms. The van der Waals surface area contributed by atoms with Gasteiger partial charge in [0.2, 0.25) is 5.95 Å². The van der Waals surface area contributed by atoms with Crippen LogP contribution in [0.15, 0.2) is 30.3 Å². The van der Waals surface area contributed by atoms with Gasteiger partial charge in [-0.2, -0.15) is 9.97 Å². The molecule has 5 heteroatoms. The summed E-state index contributed by atoms with van der Waals surface area (Å²) < 4.78 is 0. The summed E-state index contributed by atoms with van der Waals surface area (Å²) >= 11 is 0. The summed E-state index contributed by atoms with van der Waals surface area (Å²) in [6.07, 6.45) is 2.09. The van der Waals surface area contributed by atoms with Gasteiger partial charge in [-0.1, -0.05) is 25.1 Å². The molecular weight excluding hydrogens is 250 g/mol. The number of nitrogens with zero attached hydrogens (tertiary/aromatic N) is 3. The van der Waals surface area contributed by atoms with Crippen molar-refractivity contribution in [2.75, 3.05) is 29.0 Å². The quantitative estimate of drug-likeness (QED) is 0.893. The highest BCUT2D eigenvalue weighted by Gasteiger charge is 2.21. The van der Waals surface area contributed by atoms with E-state index in [1.54, 1.807) is 0 Å². The summed E-state index contributed by atoms with van der Waals surface area (Å²) in [7, 11) is 0. The van der Waals surface area contributed by atoms with Gasteiger partial charge in [-0.05, 0) is 24.5 Å². The standard InChI is InChI=1S/C15H19N5/c1-2-8-17-13-10-14(19-15(16)18-13)20-9-7-11-5-3-4-6-12(11)20/h3-6,10H,2,7-9H2,1H3,(H3,16,17,18,19). The smallest absolute Gasteiger partial charge is 0.223 e. The van der Waals surface area contributed by atoms with Crippen LogP contribution in [0.25, 0.3) is 0 Å². The van der Waals surface area contributed by atoms with Crippen molar-refractivity contribution in [3.63, 3.8) is 0 Å². The fourth-order valence-corrected chi connectivity index (χ4v) is 2.51. The lowest BCUT2D eigenvalue weighted by Gasteiger charge is -2.19. The number of nitrogens with one attached hydrogen (secondary N) is 1. The molecule has 0 fully saturated rings. The van der Waals surface area contributed by atoms with Gasteiger partial charge in [-0.25, -0.2) is 0 Å². The summed E-state index contributed by atoms with van der Waals surface area (Å²) in [5, 5.41) is 3.27. The van der Waals surface area contributed by atoms with E-state index < -0.39 is 0 Å². The second-order valence-corrected chi connectivity index (χ2v) is 4.93. The van der Waals surface area contributed by atoms with Crippen molar-refractivity contribution >= 4 is 23.3 Å². The fraction of sp³-hybridized carbons (Fsp3) is 0.333. The number of para-hydroxylation sites is 1. The largest absolute Gasteiger partial charge is 0.370 e. The maximum atomic E-state index is 5.83. The number of nitrogen functional groups attached to an aromatic ring is 1. The monoisotopic (exact) mass is 269 g/mol. The molecule has 1 aromatic heterocycles. The van der Waals surface area contributed by atoms with Crippen molar-refractivity contribution in [2.24, 2.45) is 0 Å². The summed E-state index contributed by atoms with van der Waals surface area (Å²) in [6, 6.07) is 10.4. The summed E-state index contributed by atoms with van der Waals surface area (Å²) in [5.74, 6) is 1.96. The van der Waals surface area contributed by atoms with E-state index >= 15 is 0 Å². The number of fused-ring (bicyclic) bond motifs is 1. The number of rotatable bonds is 4. The Morgan fingerprint density at radius 2 is 2.15 bits per heavy atom. The number of aromatic nitrogens is 2. The minimum Gasteiger partial charge on any atom is -0.370 e. The molecule has 20 heavy (non-hydrogen) atoms. The molecular formula is C15H19N5. The van der Waals surface area contributed by atoms with Gasteiger partial charge in [0.05, 0.1) is 0 Å². The molecule has 0 aliphatic carbocycles. The van der Waals surface area contributed by atoms with Crippen molar-refractivity contribution in [1.29, 1.82) is 0 Å². The van der Waals surface area contributed by atoms with Crippen LogP contribution in [-0.2, 0) is 6.42 Å². The number of nitrogens with two attached hydrogens (primary N) is 1. The van der Waals surface area contributed by atoms with Crippen molar-refractivity contribution in [3.05, 3.63) is 35.9 Å². The Kier molecular flexibility index (Phi) is 3.41. The van der Waals surface area contributed by atoms with Gasteiger partial charge >= 0.3 is 0 Å². The Hall–Kier alpha value is -2.30. The maximum absolute atomic E-state index is 5.83. The molecule has 0 saturated heterocycles. The summed E-state index contributed by atoms with van der Waals surface area (Å²) in [5.41, 5.74) is 8.40. The molecule has 1 aliphatic heterocycles. The molecule has 2 heterocycles. The Bertz CT molecular complexity index is 611. The first-order valence-corrected chi connectivity index (χ1v) is 7.02. The molecule has 0 amide bonds. The van der Waals surface area contributed by atoms with E-state index in [1.165, 1.54) is 11.3 Å². The van der Waals surface area contributed by atoms with E-state index in [4.69, 9.17) is 5.73 Å². The minimum absolute atomic E-state index is 0.311. The van der Waals surface area contributed by atoms with Gasteiger partial charge < -0.3 is 16.0 Å². The Morgan fingerprint density at radius 3 is 3.00 bits per heavy atom. The van der Waals surface area contributed by atoms with Crippen molar-refractivity contribution in [2.45, 2.75) is 19.8 Å². The number of hydrogen-bond donors (Lipinski definition) is 2. The average molecular weight is 269 g/mol. The van der Waals surface area contributed by atoms with Crippen LogP contribution < -0.4 is 16.0 Å². The molecule has 3 N–H and O–H groups in total. The Labute approximate surface area is 118 Å². The normalized spacial score (nSPS) is 13.3. The predicted octanol–water partition coefficient (Wildman–Crippen LogP) is 2.57. The minimum atomic E-state index is 0.311. The molecule has 1 aliphatic rings. The van der Waals surface area contributed by atoms with Gasteiger partial charge in [0, 0.05) is 24.8 Å². The molecule has 0 unspecified atom stereocenters. The van der Waals surface area contributed by atoms with Crippen LogP contribution in [0.3, 0.4) is 0 Å². The van der Waals surface area contributed by atoms with Crippen LogP contribution in [0, 0.1) is 0 Å². The maximum Gasteiger partial charge on any atom is 0.223 e. The molecule has 0 spiro atoms. The first-order valence-electron chi connectivity index (χ1n) is 7.02.